The first-order valence-electron chi connectivity index (χ1n) is 4.47. The normalized spacial score (nSPS) is 39.9. The summed E-state index contributed by atoms with van der Waals surface area (Å²) in [6.07, 6.45) is -3.84. The highest BCUT2D eigenvalue weighted by Crippen LogP contribution is 2.52. The maximum atomic E-state index is 11.5. The number of carbonyl (C=O) groups excluding carboxylic acids is 3. The van der Waals surface area contributed by atoms with E-state index in [-0.39, 0.29) is 0 Å². The fraction of sp³-hybridized carbons (Fsp3) is 0.500. The van der Waals surface area contributed by atoms with Crippen LogP contribution in [0.15, 0.2) is 0 Å². The van der Waals surface area contributed by atoms with Crippen molar-refractivity contribution in [1.29, 1.82) is 0 Å². The zero-order chi connectivity index (χ0) is 14.3. The SMILES string of the molecule is O=C1CC2(O)C(=O)OOP(=O)(OO1)OOC(=O)C2O. The van der Waals surface area contributed by atoms with Gasteiger partial charge in [0.1, 0.15) is 0 Å². The van der Waals surface area contributed by atoms with Crippen molar-refractivity contribution in [2.24, 2.45) is 0 Å². The molecule has 3 atom stereocenters. The molecule has 0 aromatic heterocycles. The molecule has 2 aliphatic heterocycles. The molecular weight excluding hydrogens is 295 g/mol. The van der Waals surface area contributed by atoms with Gasteiger partial charge in [0.2, 0.25) is 5.60 Å². The van der Waals surface area contributed by atoms with Gasteiger partial charge in [0.05, 0.1) is 6.42 Å². The van der Waals surface area contributed by atoms with Gasteiger partial charge in [-0.2, -0.15) is 0 Å². The van der Waals surface area contributed by atoms with Crippen LogP contribution in [0, 0.1) is 0 Å². The minimum atomic E-state index is -4.92. The summed E-state index contributed by atoms with van der Waals surface area (Å²) in [4.78, 5) is 45.4. The van der Waals surface area contributed by atoms with E-state index in [4.69, 9.17) is 0 Å². The summed E-state index contributed by atoms with van der Waals surface area (Å²) in [7, 11) is -4.92. The van der Waals surface area contributed by atoms with Gasteiger partial charge in [0, 0.05) is 0 Å². The van der Waals surface area contributed by atoms with Crippen LogP contribution in [0.5, 0.6) is 0 Å². The Balaban J connectivity index is 2.50. The molecule has 19 heavy (non-hydrogen) atoms. The van der Waals surface area contributed by atoms with E-state index in [2.05, 4.69) is 28.7 Å². The first-order chi connectivity index (χ1) is 8.77. The van der Waals surface area contributed by atoms with Gasteiger partial charge < -0.3 is 10.2 Å². The maximum absolute atomic E-state index is 11.5. The van der Waals surface area contributed by atoms with Crippen molar-refractivity contribution in [3.05, 3.63) is 0 Å². The van der Waals surface area contributed by atoms with Crippen LogP contribution in [0.3, 0.4) is 0 Å². The lowest BCUT2D eigenvalue weighted by molar-refractivity contribution is -0.292. The lowest BCUT2D eigenvalue weighted by Gasteiger charge is -2.24. The predicted octanol–water partition coefficient (Wildman–Crippen LogP) is -1.97. The summed E-state index contributed by atoms with van der Waals surface area (Å²) >= 11 is 0. The Hall–Kier alpha value is -1.56. The summed E-state index contributed by atoms with van der Waals surface area (Å²) in [6.45, 7) is 0. The second-order valence-corrected chi connectivity index (χ2v) is 4.74. The van der Waals surface area contributed by atoms with Crippen LogP contribution < -0.4 is 0 Å². The highest BCUT2D eigenvalue weighted by Gasteiger charge is 2.57. The quantitative estimate of drug-likeness (QED) is 0.375. The maximum Gasteiger partial charge on any atom is 0.584 e. The van der Waals surface area contributed by atoms with Crippen LogP contribution >= 0.6 is 7.82 Å². The second-order valence-electron chi connectivity index (χ2n) is 3.40. The van der Waals surface area contributed by atoms with Crippen molar-refractivity contribution >= 4 is 25.7 Å². The first-order valence-corrected chi connectivity index (χ1v) is 5.93. The minimum Gasteiger partial charge on any atom is -0.378 e. The number of rotatable bonds is 0. The molecule has 3 unspecified atom stereocenters. The van der Waals surface area contributed by atoms with Crippen molar-refractivity contribution in [2.45, 2.75) is 18.1 Å². The van der Waals surface area contributed by atoms with E-state index in [1.54, 1.807) is 0 Å². The third-order valence-corrected chi connectivity index (χ3v) is 2.85. The second kappa shape index (κ2) is 4.52. The Labute approximate surface area is 103 Å². The molecule has 2 saturated heterocycles. The molecule has 106 valence electrons. The van der Waals surface area contributed by atoms with E-state index < -0.39 is 43.9 Å². The molecule has 2 bridgehead atoms. The van der Waals surface area contributed by atoms with Crippen LogP contribution in [0.1, 0.15) is 6.42 Å². The molecule has 13 heteroatoms. The van der Waals surface area contributed by atoms with Gasteiger partial charge in [-0.1, -0.05) is 14.0 Å². The molecule has 2 N–H and O–H groups in total. The third kappa shape index (κ3) is 2.45. The van der Waals surface area contributed by atoms with Gasteiger partial charge in [-0.25, -0.2) is 18.9 Å². The van der Waals surface area contributed by atoms with Crippen LogP contribution in [0.4, 0.5) is 0 Å². The van der Waals surface area contributed by atoms with Crippen molar-refractivity contribution in [1.82, 2.24) is 0 Å². The predicted molar refractivity (Wildman–Crippen MR) is 44.7 cm³/mol. The fourth-order valence-electron chi connectivity index (χ4n) is 1.13. The summed E-state index contributed by atoms with van der Waals surface area (Å²) in [5.74, 6) is -4.99. The highest BCUT2D eigenvalue weighted by molar-refractivity contribution is 7.48. The largest absolute Gasteiger partial charge is 0.584 e. The molecule has 0 aromatic carbocycles. The highest BCUT2D eigenvalue weighted by atomic mass is 31.2. The average molecular weight is 300 g/mol. The Morgan fingerprint density at radius 1 is 1.11 bits per heavy atom. The van der Waals surface area contributed by atoms with Gasteiger partial charge in [0.25, 0.3) is 0 Å². The van der Waals surface area contributed by atoms with E-state index in [0.717, 1.165) is 0 Å². The Morgan fingerprint density at radius 2 is 1.68 bits per heavy atom. The summed E-state index contributed by atoms with van der Waals surface area (Å²) < 4.78 is 23.1. The lowest BCUT2D eigenvalue weighted by atomic mass is 9.93. The number of hydrogen-bond donors (Lipinski definition) is 2. The monoisotopic (exact) mass is 300 g/mol. The van der Waals surface area contributed by atoms with E-state index in [1.165, 1.54) is 0 Å². The fourth-order valence-corrected chi connectivity index (χ4v) is 1.70. The van der Waals surface area contributed by atoms with Crippen molar-refractivity contribution in [3.8, 4) is 0 Å². The van der Waals surface area contributed by atoms with Gasteiger partial charge in [-0.05, 0) is 0 Å². The van der Waals surface area contributed by atoms with Gasteiger partial charge in [-0.3, -0.25) is 14.7 Å². The average Bonchev–Trinajstić information content (AvgIpc) is 2.42. The van der Waals surface area contributed by atoms with Crippen LogP contribution in [-0.2, 0) is 47.6 Å². The Kier molecular flexibility index (Phi) is 3.30. The summed E-state index contributed by atoms with van der Waals surface area (Å²) in [5, 5.41) is 19.2. The molecule has 2 heterocycles. The number of phosphoric acid groups is 1. The summed E-state index contributed by atoms with van der Waals surface area (Å²) in [5.41, 5.74) is -3.10. The van der Waals surface area contributed by atoms with Crippen LogP contribution in [0.25, 0.3) is 0 Å². The zero-order valence-corrected chi connectivity index (χ0v) is 9.60. The molecule has 2 fully saturated rings. The number of carbonyl (C=O) groups is 3. The molecule has 0 aliphatic carbocycles. The lowest BCUT2D eigenvalue weighted by Crippen LogP contribution is -2.55. The van der Waals surface area contributed by atoms with Crippen molar-refractivity contribution < 1.29 is 57.8 Å². The van der Waals surface area contributed by atoms with E-state index >= 15 is 0 Å². The third-order valence-electron chi connectivity index (χ3n) is 2.08. The van der Waals surface area contributed by atoms with Crippen LogP contribution in [-0.4, -0.2) is 39.8 Å². The molecule has 2 rings (SSSR count). The molecule has 0 saturated carbocycles. The molecule has 0 amide bonds. The van der Waals surface area contributed by atoms with Crippen molar-refractivity contribution in [2.75, 3.05) is 0 Å². The van der Waals surface area contributed by atoms with Gasteiger partial charge in [0.15, 0.2) is 6.10 Å². The number of aliphatic hydroxyl groups excluding tert-OH is 1. The molecule has 2 aliphatic rings. The van der Waals surface area contributed by atoms with E-state index in [0.29, 0.717) is 0 Å². The molecule has 0 radical (unpaired) electrons. The first kappa shape index (κ1) is 13.9. The van der Waals surface area contributed by atoms with Crippen LogP contribution in [0.2, 0.25) is 0 Å². The summed E-state index contributed by atoms with van der Waals surface area (Å²) in [6, 6.07) is 0. The van der Waals surface area contributed by atoms with Gasteiger partial charge in [-0.15, -0.1) is 0 Å². The molecular formula is C6H5O12P. The van der Waals surface area contributed by atoms with Crippen molar-refractivity contribution in [3.63, 3.8) is 0 Å². The van der Waals surface area contributed by atoms with E-state index in [9.17, 15) is 29.2 Å². The minimum absolute atomic E-state index is 1.26. The topological polar surface area (TPSA) is 164 Å². The Morgan fingerprint density at radius 3 is 2.37 bits per heavy atom. The molecule has 12 nitrogen and oxygen atoms in total. The van der Waals surface area contributed by atoms with Gasteiger partial charge >= 0.3 is 25.7 Å². The number of aliphatic hydroxyl groups is 2. The number of hydrogen-bond acceptors (Lipinski definition) is 12. The molecule has 0 spiro atoms. The number of fused-ring (bicyclic) bond motifs is 4. The Bertz CT molecular complexity index is 485. The standard InChI is InChI=1S/C6H5O12P/c7-2-1-6(11)3(8)4(9)14-17-19(12,16-13-2)18-15-5(6)10/h3,8,11H,1H2. The smallest absolute Gasteiger partial charge is 0.378 e. The molecule has 0 aromatic rings. The van der Waals surface area contributed by atoms with E-state index in [1.807, 2.05) is 0 Å². The zero-order valence-electron chi connectivity index (χ0n) is 8.71.